The highest BCUT2D eigenvalue weighted by atomic mass is 35.5. The first kappa shape index (κ1) is 11.5. The standard InChI is InChI=1S/C14H11ClN2S/c15-14-6-5-12(18-14)9-16-11-7-10-3-1-2-4-13(10)17-8-11/h1-8,16H,9H2. The number of hydrogen-bond acceptors (Lipinski definition) is 3. The van der Waals surface area contributed by atoms with Crippen LogP contribution in [0.2, 0.25) is 4.34 Å². The Bertz CT molecular complexity index is 678. The molecule has 2 nitrogen and oxygen atoms in total. The summed E-state index contributed by atoms with van der Waals surface area (Å²) in [5.74, 6) is 0. The van der Waals surface area contributed by atoms with E-state index in [0.29, 0.717) is 0 Å². The molecule has 0 aliphatic rings. The number of aromatic nitrogens is 1. The van der Waals surface area contributed by atoms with E-state index in [1.807, 2.05) is 36.5 Å². The Kier molecular flexibility index (Phi) is 3.17. The van der Waals surface area contributed by atoms with Crippen LogP contribution < -0.4 is 5.32 Å². The minimum atomic E-state index is 0.775. The van der Waals surface area contributed by atoms with Gasteiger partial charge in [0.25, 0.3) is 0 Å². The van der Waals surface area contributed by atoms with E-state index < -0.39 is 0 Å². The molecular formula is C14H11ClN2S. The summed E-state index contributed by atoms with van der Waals surface area (Å²) in [5.41, 5.74) is 2.04. The normalized spacial score (nSPS) is 10.7. The fourth-order valence-electron chi connectivity index (χ4n) is 1.80. The van der Waals surface area contributed by atoms with Crippen molar-refractivity contribution in [2.24, 2.45) is 0 Å². The van der Waals surface area contributed by atoms with E-state index in [4.69, 9.17) is 11.6 Å². The molecule has 18 heavy (non-hydrogen) atoms. The highest BCUT2D eigenvalue weighted by Gasteiger charge is 2.00. The summed E-state index contributed by atoms with van der Waals surface area (Å²) in [6, 6.07) is 14.2. The first-order valence-electron chi connectivity index (χ1n) is 5.64. The SMILES string of the molecule is Clc1ccc(CNc2cnc3ccccc3c2)s1. The minimum Gasteiger partial charge on any atom is -0.379 e. The van der Waals surface area contributed by atoms with Crippen molar-refractivity contribution in [2.45, 2.75) is 6.54 Å². The molecule has 3 rings (SSSR count). The van der Waals surface area contributed by atoms with E-state index in [1.54, 1.807) is 11.3 Å². The van der Waals surface area contributed by atoms with Gasteiger partial charge in [0.1, 0.15) is 0 Å². The molecule has 1 N–H and O–H groups in total. The van der Waals surface area contributed by atoms with Crippen LogP contribution in [0, 0.1) is 0 Å². The second-order valence-corrected chi connectivity index (χ2v) is 5.78. The van der Waals surface area contributed by atoms with Gasteiger partial charge in [-0.3, -0.25) is 4.98 Å². The van der Waals surface area contributed by atoms with Gasteiger partial charge in [0.15, 0.2) is 0 Å². The number of nitrogens with zero attached hydrogens (tertiary/aromatic N) is 1. The van der Waals surface area contributed by atoms with E-state index in [0.717, 1.165) is 27.5 Å². The summed E-state index contributed by atoms with van der Waals surface area (Å²) >= 11 is 7.49. The molecule has 2 aromatic heterocycles. The zero-order chi connectivity index (χ0) is 12.4. The Morgan fingerprint density at radius 1 is 1.17 bits per heavy atom. The molecule has 0 saturated carbocycles. The Labute approximate surface area is 114 Å². The number of halogens is 1. The van der Waals surface area contributed by atoms with E-state index in [9.17, 15) is 0 Å². The molecule has 0 spiro atoms. The molecule has 0 aliphatic heterocycles. The van der Waals surface area contributed by atoms with Gasteiger partial charge in [-0.2, -0.15) is 0 Å². The van der Waals surface area contributed by atoms with Crippen molar-refractivity contribution in [1.82, 2.24) is 4.98 Å². The number of fused-ring (bicyclic) bond motifs is 1. The van der Waals surface area contributed by atoms with Crippen molar-refractivity contribution in [3.05, 3.63) is 57.9 Å². The second kappa shape index (κ2) is 4.96. The summed E-state index contributed by atoms with van der Waals surface area (Å²) in [4.78, 5) is 5.63. The van der Waals surface area contributed by atoms with Crippen molar-refractivity contribution in [3.8, 4) is 0 Å². The predicted octanol–water partition coefficient (Wildman–Crippen LogP) is 4.56. The second-order valence-electron chi connectivity index (χ2n) is 3.98. The van der Waals surface area contributed by atoms with Crippen LogP contribution in [0.15, 0.2) is 48.7 Å². The topological polar surface area (TPSA) is 24.9 Å². The number of benzene rings is 1. The monoisotopic (exact) mass is 274 g/mol. The Balaban J connectivity index is 1.78. The molecule has 0 saturated heterocycles. The van der Waals surface area contributed by atoms with Gasteiger partial charge in [0.2, 0.25) is 0 Å². The molecule has 0 radical (unpaired) electrons. The molecule has 3 aromatic rings. The molecule has 0 unspecified atom stereocenters. The first-order valence-corrected chi connectivity index (χ1v) is 6.83. The number of pyridine rings is 1. The quantitative estimate of drug-likeness (QED) is 0.757. The van der Waals surface area contributed by atoms with Crippen LogP contribution in [-0.2, 0) is 6.54 Å². The molecule has 0 atom stereocenters. The van der Waals surface area contributed by atoms with Crippen LogP contribution in [0.4, 0.5) is 5.69 Å². The number of para-hydroxylation sites is 1. The average Bonchev–Trinajstić information content (AvgIpc) is 2.82. The van der Waals surface area contributed by atoms with Gasteiger partial charge in [-0.25, -0.2) is 0 Å². The number of anilines is 1. The Hall–Kier alpha value is -1.58. The Morgan fingerprint density at radius 3 is 2.89 bits per heavy atom. The fraction of sp³-hybridized carbons (Fsp3) is 0.0714. The van der Waals surface area contributed by atoms with Crippen molar-refractivity contribution in [1.29, 1.82) is 0 Å². The number of rotatable bonds is 3. The van der Waals surface area contributed by atoms with Crippen LogP contribution in [0.1, 0.15) is 4.88 Å². The molecule has 0 aliphatic carbocycles. The maximum atomic E-state index is 5.90. The third-order valence-electron chi connectivity index (χ3n) is 2.69. The van der Waals surface area contributed by atoms with Gasteiger partial charge in [-0.05, 0) is 24.3 Å². The number of hydrogen-bond donors (Lipinski definition) is 1. The van der Waals surface area contributed by atoms with Crippen LogP contribution in [0.3, 0.4) is 0 Å². The van der Waals surface area contributed by atoms with Crippen LogP contribution in [0.25, 0.3) is 10.9 Å². The van der Waals surface area contributed by atoms with E-state index in [-0.39, 0.29) is 0 Å². The Morgan fingerprint density at radius 2 is 2.06 bits per heavy atom. The molecule has 90 valence electrons. The lowest BCUT2D eigenvalue weighted by molar-refractivity contribution is 1.18. The first-order chi connectivity index (χ1) is 8.81. The van der Waals surface area contributed by atoms with Crippen LogP contribution >= 0.6 is 22.9 Å². The molecule has 0 fully saturated rings. The summed E-state index contributed by atoms with van der Waals surface area (Å²) in [7, 11) is 0. The number of thiophene rings is 1. The van der Waals surface area contributed by atoms with Gasteiger partial charge >= 0.3 is 0 Å². The van der Waals surface area contributed by atoms with E-state index >= 15 is 0 Å². The van der Waals surface area contributed by atoms with Crippen LogP contribution in [-0.4, -0.2) is 4.98 Å². The van der Waals surface area contributed by atoms with Gasteiger partial charge in [-0.1, -0.05) is 29.8 Å². The van der Waals surface area contributed by atoms with Gasteiger partial charge in [0, 0.05) is 16.8 Å². The smallest absolute Gasteiger partial charge is 0.0931 e. The highest BCUT2D eigenvalue weighted by molar-refractivity contribution is 7.16. The molecule has 4 heteroatoms. The maximum Gasteiger partial charge on any atom is 0.0931 e. The lowest BCUT2D eigenvalue weighted by atomic mass is 10.2. The summed E-state index contributed by atoms with van der Waals surface area (Å²) in [5, 5.41) is 4.50. The van der Waals surface area contributed by atoms with Gasteiger partial charge in [0.05, 0.1) is 21.7 Å². The van der Waals surface area contributed by atoms with E-state index in [2.05, 4.69) is 22.4 Å². The zero-order valence-corrected chi connectivity index (χ0v) is 11.1. The lowest BCUT2D eigenvalue weighted by Crippen LogP contribution is -1.97. The highest BCUT2D eigenvalue weighted by Crippen LogP contribution is 2.23. The molecular weight excluding hydrogens is 264 g/mol. The van der Waals surface area contributed by atoms with Crippen molar-refractivity contribution < 1.29 is 0 Å². The third kappa shape index (κ3) is 2.47. The molecule has 0 amide bonds. The largest absolute Gasteiger partial charge is 0.379 e. The maximum absolute atomic E-state index is 5.90. The summed E-state index contributed by atoms with van der Waals surface area (Å²) < 4.78 is 0.823. The fourth-order valence-corrected chi connectivity index (χ4v) is 2.83. The lowest BCUT2D eigenvalue weighted by Gasteiger charge is -2.05. The van der Waals surface area contributed by atoms with E-state index in [1.165, 1.54) is 4.88 Å². The minimum absolute atomic E-state index is 0.775. The number of nitrogens with one attached hydrogen (secondary N) is 1. The molecule has 2 heterocycles. The van der Waals surface area contributed by atoms with Gasteiger partial charge < -0.3 is 5.32 Å². The van der Waals surface area contributed by atoms with Gasteiger partial charge in [-0.15, -0.1) is 11.3 Å². The molecule has 0 bridgehead atoms. The zero-order valence-electron chi connectivity index (χ0n) is 9.56. The van der Waals surface area contributed by atoms with Crippen LogP contribution in [0.5, 0.6) is 0 Å². The predicted molar refractivity (Wildman–Crippen MR) is 78.4 cm³/mol. The third-order valence-corrected chi connectivity index (χ3v) is 3.92. The van der Waals surface area contributed by atoms with Crippen molar-refractivity contribution >= 4 is 39.5 Å². The van der Waals surface area contributed by atoms with Crippen molar-refractivity contribution in [2.75, 3.05) is 5.32 Å². The molecule has 1 aromatic carbocycles. The summed E-state index contributed by atoms with van der Waals surface area (Å²) in [6.45, 7) is 0.775. The average molecular weight is 275 g/mol. The van der Waals surface area contributed by atoms with Crippen molar-refractivity contribution in [3.63, 3.8) is 0 Å². The summed E-state index contributed by atoms with van der Waals surface area (Å²) in [6.07, 6.45) is 1.86.